The fraction of sp³-hybridized carbons (Fsp3) is 0.364. The van der Waals surface area contributed by atoms with E-state index in [4.69, 9.17) is 19.6 Å². The molecule has 0 fully saturated rings. The van der Waals surface area contributed by atoms with E-state index in [0.29, 0.717) is 43.4 Å². The van der Waals surface area contributed by atoms with E-state index in [0.717, 1.165) is 11.3 Å². The van der Waals surface area contributed by atoms with E-state index in [1.165, 1.54) is 0 Å². The number of rotatable bonds is 2. The Balaban J connectivity index is 2.09. The lowest BCUT2D eigenvalue weighted by atomic mass is 10.2. The van der Waals surface area contributed by atoms with E-state index in [-0.39, 0.29) is 0 Å². The molecule has 0 unspecified atom stereocenters. The summed E-state index contributed by atoms with van der Waals surface area (Å²) in [5.41, 5.74) is 6.96. The van der Waals surface area contributed by atoms with Gasteiger partial charge in [0.1, 0.15) is 18.7 Å². The van der Waals surface area contributed by atoms with Gasteiger partial charge in [0.2, 0.25) is 0 Å². The van der Waals surface area contributed by atoms with Gasteiger partial charge >= 0.3 is 0 Å². The van der Waals surface area contributed by atoms with E-state index in [9.17, 15) is 0 Å². The van der Waals surface area contributed by atoms with Crippen LogP contribution >= 0.6 is 0 Å². The van der Waals surface area contributed by atoms with Crippen molar-refractivity contribution in [3.05, 3.63) is 18.0 Å². The number of benzene rings is 1. The highest BCUT2D eigenvalue weighted by Gasteiger charge is 2.15. The first-order valence-electron chi connectivity index (χ1n) is 5.26. The van der Waals surface area contributed by atoms with Crippen molar-refractivity contribution < 1.29 is 13.9 Å². The van der Waals surface area contributed by atoms with E-state index in [1.807, 2.05) is 12.1 Å². The number of nitrogens with two attached hydrogens (primary N) is 1. The first-order chi connectivity index (χ1) is 7.86. The van der Waals surface area contributed by atoms with E-state index >= 15 is 0 Å². The van der Waals surface area contributed by atoms with Crippen molar-refractivity contribution in [1.29, 1.82) is 0 Å². The number of hydrogen-bond donors (Lipinski definition) is 1. The summed E-state index contributed by atoms with van der Waals surface area (Å²) >= 11 is 0. The maximum absolute atomic E-state index is 5.55. The third-order valence-electron chi connectivity index (χ3n) is 2.45. The first kappa shape index (κ1) is 9.47. The van der Waals surface area contributed by atoms with Crippen molar-refractivity contribution in [2.75, 3.05) is 19.8 Å². The molecule has 2 heterocycles. The molecule has 1 aromatic heterocycles. The zero-order valence-corrected chi connectivity index (χ0v) is 8.73. The molecule has 0 bridgehead atoms. The number of fused-ring (bicyclic) bond motifs is 2. The highest BCUT2D eigenvalue weighted by Crippen LogP contribution is 2.34. The maximum atomic E-state index is 5.55. The molecule has 1 aliphatic heterocycles. The number of ether oxygens (including phenoxy) is 2. The van der Waals surface area contributed by atoms with Crippen LogP contribution in [0.15, 0.2) is 16.5 Å². The number of hydrogen-bond acceptors (Lipinski definition) is 5. The van der Waals surface area contributed by atoms with Crippen molar-refractivity contribution in [1.82, 2.24) is 4.98 Å². The van der Waals surface area contributed by atoms with Crippen LogP contribution in [0.4, 0.5) is 0 Å². The van der Waals surface area contributed by atoms with Crippen LogP contribution in [-0.2, 0) is 6.42 Å². The maximum Gasteiger partial charge on any atom is 0.196 e. The monoisotopic (exact) mass is 220 g/mol. The zero-order chi connectivity index (χ0) is 11.0. The summed E-state index contributed by atoms with van der Waals surface area (Å²) in [5, 5.41) is 0. The molecule has 2 N–H and O–H groups in total. The molecule has 1 aliphatic rings. The SMILES string of the molecule is NCCc1nc2cc3c(cc2o1)OCCO3. The zero-order valence-electron chi connectivity index (χ0n) is 8.73. The third-order valence-corrected chi connectivity index (χ3v) is 2.45. The predicted octanol–water partition coefficient (Wildman–Crippen LogP) is 1.10. The third kappa shape index (κ3) is 1.49. The standard InChI is InChI=1S/C11H12N2O3/c12-2-1-11-13-7-5-9-10(6-8(7)16-11)15-4-3-14-9/h5-6H,1-4,12H2. The molecule has 2 aromatic rings. The fourth-order valence-electron chi connectivity index (χ4n) is 1.74. The molecule has 16 heavy (non-hydrogen) atoms. The second kappa shape index (κ2) is 3.68. The molecule has 84 valence electrons. The van der Waals surface area contributed by atoms with Crippen LogP contribution in [0.3, 0.4) is 0 Å². The number of oxazole rings is 1. The summed E-state index contributed by atoms with van der Waals surface area (Å²) in [6, 6.07) is 3.66. The molecular formula is C11H12N2O3. The van der Waals surface area contributed by atoms with Crippen molar-refractivity contribution in [2.24, 2.45) is 5.73 Å². The summed E-state index contributed by atoms with van der Waals surface area (Å²) in [5.74, 6) is 2.10. The fourth-order valence-corrected chi connectivity index (χ4v) is 1.74. The van der Waals surface area contributed by atoms with Crippen LogP contribution in [0.1, 0.15) is 5.89 Å². The van der Waals surface area contributed by atoms with E-state index in [1.54, 1.807) is 0 Å². The van der Waals surface area contributed by atoms with Gasteiger partial charge in [0.05, 0.1) is 0 Å². The quantitative estimate of drug-likeness (QED) is 0.820. The Kier molecular flexibility index (Phi) is 2.18. The highest BCUT2D eigenvalue weighted by molar-refractivity contribution is 5.77. The average Bonchev–Trinajstić information content (AvgIpc) is 2.67. The number of nitrogens with zero attached hydrogens (tertiary/aromatic N) is 1. The Morgan fingerprint density at radius 1 is 1.19 bits per heavy atom. The van der Waals surface area contributed by atoms with Crippen LogP contribution in [0, 0.1) is 0 Å². The second-order valence-corrected chi connectivity index (χ2v) is 3.61. The minimum atomic E-state index is 0.527. The number of aromatic nitrogens is 1. The summed E-state index contributed by atoms with van der Waals surface area (Å²) in [7, 11) is 0. The van der Waals surface area contributed by atoms with E-state index in [2.05, 4.69) is 4.98 Å². The Labute approximate surface area is 92.1 Å². The summed E-state index contributed by atoms with van der Waals surface area (Å²) in [4.78, 5) is 4.33. The molecule has 1 aromatic carbocycles. The van der Waals surface area contributed by atoms with E-state index < -0.39 is 0 Å². The first-order valence-corrected chi connectivity index (χ1v) is 5.26. The van der Waals surface area contributed by atoms with Crippen molar-refractivity contribution >= 4 is 11.1 Å². The Morgan fingerprint density at radius 2 is 1.94 bits per heavy atom. The van der Waals surface area contributed by atoms with Gasteiger partial charge in [-0.2, -0.15) is 0 Å². The van der Waals surface area contributed by atoms with Crippen LogP contribution in [-0.4, -0.2) is 24.7 Å². The van der Waals surface area contributed by atoms with Gasteiger partial charge < -0.3 is 19.6 Å². The van der Waals surface area contributed by atoms with Gasteiger partial charge in [0.25, 0.3) is 0 Å². The van der Waals surface area contributed by atoms with Crippen LogP contribution in [0.2, 0.25) is 0 Å². The van der Waals surface area contributed by atoms with Crippen LogP contribution in [0.25, 0.3) is 11.1 Å². The van der Waals surface area contributed by atoms with Crippen LogP contribution < -0.4 is 15.2 Å². The molecular weight excluding hydrogens is 208 g/mol. The lowest BCUT2D eigenvalue weighted by Gasteiger charge is -2.17. The van der Waals surface area contributed by atoms with Gasteiger partial charge in [0.15, 0.2) is 23.0 Å². The highest BCUT2D eigenvalue weighted by atomic mass is 16.6. The Bertz CT molecular complexity index is 478. The molecule has 0 saturated heterocycles. The molecule has 0 atom stereocenters. The molecule has 0 spiro atoms. The van der Waals surface area contributed by atoms with Gasteiger partial charge in [-0.15, -0.1) is 0 Å². The Morgan fingerprint density at radius 3 is 2.69 bits per heavy atom. The minimum Gasteiger partial charge on any atom is -0.486 e. The van der Waals surface area contributed by atoms with Gasteiger partial charge in [-0.1, -0.05) is 0 Å². The minimum absolute atomic E-state index is 0.527. The summed E-state index contributed by atoms with van der Waals surface area (Å²) < 4.78 is 16.5. The lowest BCUT2D eigenvalue weighted by Crippen LogP contribution is -2.15. The van der Waals surface area contributed by atoms with Crippen molar-refractivity contribution in [3.63, 3.8) is 0 Å². The van der Waals surface area contributed by atoms with Gasteiger partial charge in [-0.3, -0.25) is 0 Å². The molecule has 0 aliphatic carbocycles. The molecule has 3 rings (SSSR count). The normalized spacial score (nSPS) is 14.3. The topological polar surface area (TPSA) is 70.5 Å². The lowest BCUT2D eigenvalue weighted by molar-refractivity contribution is 0.172. The summed E-state index contributed by atoms with van der Waals surface area (Å²) in [6.45, 7) is 1.67. The molecule has 0 amide bonds. The molecule has 5 nitrogen and oxygen atoms in total. The van der Waals surface area contributed by atoms with Crippen molar-refractivity contribution in [3.8, 4) is 11.5 Å². The van der Waals surface area contributed by atoms with Gasteiger partial charge in [-0.25, -0.2) is 4.98 Å². The second-order valence-electron chi connectivity index (χ2n) is 3.61. The predicted molar refractivity (Wildman–Crippen MR) is 57.8 cm³/mol. The molecule has 0 radical (unpaired) electrons. The Hall–Kier alpha value is -1.75. The smallest absolute Gasteiger partial charge is 0.196 e. The largest absolute Gasteiger partial charge is 0.486 e. The van der Waals surface area contributed by atoms with Crippen LogP contribution in [0.5, 0.6) is 11.5 Å². The molecule has 0 saturated carbocycles. The average molecular weight is 220 g/mol. The van der Waals surface area contributed by atoms with Gasteiger partial charge in [0, 0.05) is 25.1 Å². The van der Waals surface area contributed by atoms with Gasteiger partial charge in [-0.05, 0) is 0 Å². The molecule has 5 heteroatoms. The summed E-state index contributed by atoms with van der Waals surface area (Å²) in [6.07, 6.45) is 0.640. The van der Waals surface area contributed by atoms with Crippen molar-refractivity contribution in [2.45, 2.75) is 6.42 Å².